The maximum Gasteiger partial charge on any atom is 0.314 e. The Bertz CT molecular complexity index is 481. The first-order valence-corrected chi connectivity index (χ1v) is 8.00. The number of hydrogen-bond acceptors (Lipinski definition) is 5. The summed E-state index contributed by atoms with van der Waals surface area (Å²) in [7, 11) is 0. The third-order valence-corrected chi connectivity index (χ3v) is 4.29. The highest BCUT2D eigenvalue weighted by molar-refractivity contribution is 5.73. The number of nitrogens with one attached hydrogen (secondary N) is 2. The van der Waals surface area contributed by atoms with E-state index in [-0.39, 0.29) is 18.5 Å². The largest absolute Gasteiger partial charge is 0.388 e. The molecule has 22 heavy (non-hydrogen) atoms. The van der Waals surface area contributed by atoms with E-state index in [1.165, 1.54) is 6.42 Å². The molecule has 2 amide bonds. The molecular weight excluding hydrogens is 284 g/mol. The van der Waals surface area contributed by atoms with Crippen LogP contribution in [-0.4, -0.2) is 40.0 Å². The van der Waals surface area contributed by atoms with Gasteiger partial charge in [-0.3, -0.25) is 0 Å². The van der Waals surface area contributed by atoms with Gasteiger partial charge in [0.05, 0.1) is 5.60 Å². The van der Waals surface area contributed by atoms with E-state index in [9.17, 15) is 9.90 Å². The van der Waals surface area contributed by atoms with E-state index in [0.29, 0.717) is 24.7 Å². The molecule has 7 nitrogen and oxygen atoms in total. The van der Waals surface area contributed by atoms with Crippen LogP contribution in [0.5, 0.6) is 0 Å². The lowest BCUT2D eigenvalue weighted by atomic mass is 9.78. The lowest BCUT2D eigenvalue weighted by Gasteiger charge is -2.35. The van der Waals surface area contributed by atoms with Crippen LogP contribution in [0.1, 0.15) is 50.7 Å². The summed E-state index contributed by atoms with van der Waals surface area (Å²) >= 11 is 0. The SMILES string of the molecule is Cc1noc(CCNC(=O)NCC(C)(O)C2CCCCC2)n1. The van der Waals surface area contributed by atoms with Crippen molar-refractivity contribution in [2.45, 2.75) is 58.0 Å². The second-order valence-corrected chi connectivity index (χ2v) is 6.29. The normalized spacial score (nSPS) is 18.7. The molecular formula is C15H26N4O3. The number of hydrogen-bond donors (Lipinski definition) is 3. The highest BCUT2D eigenvalue weighted by atomic mass is 16.5. The fourth-order valence-electron chi connectivity index (χ4n) is 2.92. The van der Waals surface area contributed by atoms with E-state index in [2.05, 4.69) is 20.8 Å². The average Bonchev–Trinajstić information content (AvgIpc) is 2.92. The molecule has 0 radical (unpaired) electrons. The highest BCUT2D eigenvalue weighted by Crippen LogP contribution is 2.32. The average molecular weight is 310 g/mol. The zero-order valence-electron chi connectivity index (χ0n) is 13.4. The summed E-state index contributed by atoms with van der Waals surface area (Å²) in [4.78, 5) is 15.8. The van der Waals surface area contributed by atoms with Crippen molar-refractivity contribution in [2.75, 3.05) is 13.1 Å². The second-order valence-electron chi connectivity index (χ2n) is 6.29. The lowest BCUT2D eigenvalue weighted by molar-refractivity contribution is -0.0130. The fraction of sp³-hybridized carbons (Fsp3) is 0.800. The van der Waals surface area contributed by atoms with E-state index in [1.54, 1.807) is 6.92 Å². The smallest absolute Gasteiger partial charge is 0.314 e. The fourth-order valence-corrected chi connectivity index (χ4v) is 2.92. The molecule has 1 aliphatic carbocycles. The molecule has 0 aliphatic heterocycles. The highest BCUT2D eigenvalue weighted by Gasteiger charge is 2.32. The number of aryl methyl sites for hydroxylation is 1. The molecule has 0 spiro atoms. The summed E-state index contributed by atoms with van der Waals surface area (Å²) in [5.41, 5.74) is -0.846. The summed E-state index contributed by atoms with van der Waals surface area (Å²) in [5.74, 6) is 1.36. The van der Waals surface area contributed by atoms with Crippen LogP contribution in [0.3, 0.4) is 0 Å². The Balaban J connectivity index is 1.66. The summed E-state index contributed by atoms with van der Waals surface area (Å²) in [6.45, 7) is 4.24. The standard InChI is InChI=1S/C15H26N4O3/c1-11-18-13(22-19-11)8-9-16-14(20)17-10-15(2,21)12-6-4-3-5-7-12/h12,21H,3-10H2,1-2H3,(H2,16,17,20). The molecule has 1 fully saturated rings. The summed E-state index contributed by atoms with van der Waals surface area (Å²) in [6.07, 6.45) is 6.13. The monoisotopic (exact) mass is 310 g/mol. The summed E-state index contributed by atoms with van der Waals surface area (Å²) < 4.78 is 4.97. The third-order valence-electron chi connectivity index (χ3n) is 4.29. The first-order chi connectivity index (χ1) is 10.5. The van der Waals surface area contributed by atoms with Crippen LogP contribution >= 0.6 is 0 Å². The summed E-state index contributed by atoms with van der Waals surface area (Å²) in [6, 6.07) is -0.285. The topological polar surface area (TPSA) is 100 Å². The predicted octanol–water partition coefficient (Wildman–Crippen LogP) is 1.55. The van der Waals surface area contributed by atoms with Crippen molar-refractivity contribution in [1.29, 1.82) is 0 Å². The number of nitrogens with zero attached hydrogens (tertiary/aromatic N) is 2. The number of carbonyl (C=O) groups excluding carboxylic acids is 1. The van der Waals surface area contributed by atoms with Crippen molar-refractivity contribution in [1.82, 2.24) is 20.8 Å². The first kappa shape index (κ1) is 16.7. The number of carbonyl (C=O) groups is 1. The van der Waals surface area contributed by atoms with E-state index < -0.39 is 5.60 Å². The van der Waals surface area contributed by atoms with Crippen LogP contribution < -0.4 is 10.6 Å². The van der Waals surface area contributed by atoms with Crippen molar-refractivity contribution >= 4 is 6.03 Å². The molecule has 1 aromatic heterocycles. The molecule has 7 heteroatoms. The number of rotatable bonds is 6. The van der Waals surface area contributed by atoms with Gasteiger partial charge in [-0.25, -0.2) is 4.79 Å². The van der Waals surface area contributed by atoms with Gasteiger partial charge in [-0.1, -0.05) is 24.4 Å². The van der Waals surface area contributed by atoms with Gasteiger partial charge in [0.25, 0.3) is 0 Å². The molecule has 1 unspecified atom stereocenters. The molecule has 3 N–H and O–H groups in total. The Kier molecular flexibility index (Phi) is 5.76. The van der Waals surface area contributed by atoms with Crippen LogP contribution in [0.15, 0.2) is 4.52 Å². The first-order valence-electron chi connectivity index (χ1n) is 8.00. The second kappa shape index (κ2) is 7.58. The van der Waals surface area contributed by atoms with Gasteiger partial charge in [0.2, 0.25) is 5.89 Å². The maximum atomic E-state index is 11.8. The van der Waals surface area contributed by atoms with E-state index >= 15 is 0 Å². The zero-order valence-corrected chi connectivity index (χ0v) is 13.4. The van der Waals surface area contributed by atoms with Crippen molar-refractivity contribution < 1.29 is 14.4 Å². The Morgan fingerprint density at radius 3 is 2.73 bits per heavy atom. The van der Waals surface area contributed by atoms with Crippen molar-refractivity contribution in [2.24, 2.45) is 5.92 Å². The van der Waals surface area contributed by atoms with Gasteiger partial charge in [0.1, 0.15) is 0 Å². The molecule has 0 saturated heterocycles. The molecule has 1 aliphatic rings. The van der Waals surface area contributed by atoms with E-state index in [4.69, 9.17) is 4.52 Å². The molecule has 0 aromatic carbocycles. The van der Waals surface area contributed by atoms with Gasteiger partial charge in [-0.2, -0.15) is 4.98 Å². The van der Waals surface area contributed by atoms with E-state index in [1.807, 2.05) is 6.92 Å². The number of urea groups is 1. The number of aromatic nitrogens is 2. The van der Waals surface area contributed by atoms with Crippen molar-refractivity contribution in [3.05, 3.63) is 11.7 Å². The maximum absolute atomic E-state index is 11.8. The molecule has 1 heterocycles. The van der Waals surface area contributed by atoms with Gasteiger partial charge < -0.3 is 20.3 Å². The van der Waals surface area contributed by atoms with Gasteiger partial charge in [0, 0.05) is 19.5 Å². The summed E-state index contributed by atoms with van der Waals surface area (Å²) in [5, 5.41) is 19.7. The van der Waals surface area contributed by atoms with Crippen LogP contribution in [0.2, 0.25) is 0 Å². The van der Waals surface area contributed by atoms with Crippen LogP contribution in [-0.2, 0) is 6.42 Å². The minimum Gasteiger partial charge on any atom is -0.388 e. The minimum absolute atomic E-state index is 0.267. The Hall–Kier alpha value is -1.63. The van der Waals surface area contributed by atoms with Crippen LogP contribution in [0.25, 0.3) is 0 Å². The molecule has 1 aromatic rings. The molecule has 0 bridgehead atoms. The quantitative estimate of drug-likeness (QED) is 0.740. The van der Waals surface area contributed by atoms with Gasteiger partial charge in [0.15, 0.2) is 5.82 Å². The minimum atomic E-state index is -0.846. The predicted molar refractivity (Wildman–Crippen MR) is 81.3 cm³/mol. The van der Waals surface area contributed by atoms with Crippen molar-refractivity contribution in [3.63, 3.8) is 0 Å². The molecule has 2 rings (SSSR count). The Morgan fingerprint density at radius 2 is 2.09 bits per heavy atom. The van der Waals surface area contributed by atoms with Gasteiger partial charge >= 0.3 is 6.03 Å². The Labute approximate surface area is 130 Å². The van der Waals surface area contributed by atoms with Crippen LogP contribution in [0.4, 0.5) is 4.79 Å². The number of aliphatic hydroxyl groups is 1. The van der Waals surface area contributed by atoms with Gasteiger partial charge in [-0.05, 0) is 32.6 Å². The zero-order chi connectivity index (χ0) is 16.0. The molecule has 1 atom stereocenters. The van der Waals surface area contributed by atoms with Crippen LogP contribution in [0, 0.1) is 12.8 Å². The Morgan fingerprint density at radius 1 is 1.36 bits per heavy atom. The third kappa shape index (κ3) is 4.98. The van der Waals surface area contributed by atoms with Gasteiger partial charge in [-0.15, -0.1) is 0 Å². The lowest BCUT2D eigenvalue weighted by Crippen LogP contribution is -2.49. The van der Waals surface area contributed by atoms with Crippen molar-refractivity contribution in [3.8, 4) is 0 Å². The number of amides is 2. The van der Waals surface area contributed by atoms with E-state index in [0.717, 1.165) is 25.7 Å². The molecule has 1 saturated carbocycles. The molecule has 124 valence electrons.